The van der Waals surface area contributed by atoms with Crippen molar-refractivity contribution in [2.45, 2.75) is 38.3 Å². The van der Waals surface area contributed by atoms with Crippen LogP contribution in [-0.4, -0.2) is 20.9 Å². The van der Waals surface area contributed by atoms with E-state index in [1.807, 2.05) is 0 Å². The molecule has 0 aromatic carbocycles. The Morgan fingerprint density at radius 2 is 2.47 bits per heavy atom. The Kier molecular flexibility index (Phi) is 2.73. The minimum atomic E-state index is -0.862. The number of aromatic nitrogens is 2. The summed E-state index contributed by atoms with van der Waals surface area (Å²) in [7, 11) is 0. The van der Waals surface area contributed by atoms with Gasteiger partial charge < -0.3 is 10.8 Å². The number of hydrogen-bond acceptors (Lipinski definition) is 3. The number of carbonyl (C=O) groups is 1. The van der Waals surface area contributed by atoms with Crippen LogP contribution in [0, 0.1) is 0 Å². The molecule has 15 heavy (non-hydrogen) atoms. The Bertz CT molecular complexity index is 373. The fourth-order valence-electron chi connectivity index (χ4n) is 2.08. The van der Waals surface area contributed by atoms with Gasteiger partial charge in [0.25, 0.3) is 0 Å². The number of fused-ring (bicyclic) bond motifs is 1. The molecule has 5 heteroatoms. The average Bonchev–Trinajstić information content (AvgIpc) is 2.45. The lowest BCUT2D eigenvalue weighted by Gasteiger charge is -2.07. The van der Waals surface area contributed by atoms with E-state index in [4.69, 9.17) is 10.8 Å². The molecule has 0 amide bonds. The molecule has 0 radical (unpaired) electrons. The van der Waals surface area contributed by atoms with Crippen molar-refractivity contribution in [2.24, 2.45) is 5.73 Å². The van der Waals surface area contributed by atoms with Crippen molar-refractivity contribution < 1.29 is 9.90 Å². The molecule has 1 heterocycles. The molecule has 0 fully saturated rings. The molecule has 0 bridgehead atoms. The van der Waals surface area contributed by atoms with Gasteiger partial charge in [-0.2, -0.15) is 5.10 Å². The number of hydrogen-bond donors (Lipinski definition) is 2. The first-order valence-corrected chi connectivity index (χ1v) is 5.20. The lowest BCUT2D eigenvalue weighted by atomic mass is 10.1. The second-order valence-corrected chi connectivity index (χ2v) is 3.95. The normalized spacial score (nSPS) is 20.7. The maximum Gasteiger partial charge on any atom is 0.325 e. The van der Waals surface area contributed by atoms with E-state index in [0.717, 1.165) is 36.9 Å². The maximum absolute atomic E-state index is 10.6. The zero-order chi connectivity index (χ0) is 10.8. The van der Waals surface area contributed by atoms with Crippen LogP contribution in [0.2, 0.25) is 0 Å². The quantitative estimate of drug-likeness (QED) is 0.702. The van der Waals surface area contributed by atoms with E-state index in [0.29, 0.717) is 0 Å². The molecule has 3 N–H and O–H groups in total. The molecule has 1 aliphatic carbocycles. The highest BCUT2D eigenvalue weighted by Gasteiger charge is 2.20. The number of carboxylic acid groups (broad SMARTS) is 1. The van der Waals surface area contributed by atoms with E-state index < -0.39 is 5.97 Å². The van der Waals surface area contributed by atoms with Gasteiger partial charge in [0.15, 0.2) is 0 Å². The molecule has 1 unspecified atom stereocenters. The smallest absolute Gasteiger partial charge is 0.325 e. The van der Waals surface area contributed by atoms with Gasteiger partial charge in [-0.05, 0) is 19.3 Å². The average molecular weight is 209 g/mol. The van der Waals surface area contributed by atoms with Gasteiger partial charge >= 0.3 is 5.97 Å². The number of nitrogens with two attached hydrogens (primary N) is 1. The van der Waals surface area contributed by atoms with Crippen LogP contribution >= 0.6 is 0 Å². The number of aliphatic carboxylic acids is 1. The number of carboxylic acids is 1. The van der Waals surface area contributed by atoms with Gasteiger partial charge in [0.05, 0.1) is 6.20 Å². The zero-order valence-electron chi connectivity index (χ0n) is 8.52. The van der Waals surface area contributed by atoms with E-state index in [-0.39, 0.29) is 12.6 Å². The van der Waals surface area contributed by atoms with E-state index >= 15 is 0 Å². The first-order chi connectivity index (χ1) is 7.18. The predicted molar refractivity (Wildman–Crippen MR) is 54.3 cm³/mol. The molecule has 0 saturated carbocycles. The summed E-state index contributed by atoms with van der Waals surface area (Å²) in [5.74, 6) is -0.862. The monoisotopic (exact) mass is 209 g/mol. The SMILES string of the molecule is NC1CCCCc2c1cnn2CC(=O)O. The van der Waals surface area contributed by atoms with Gasteiger partial charge in [0.1, 0.15) is 6.54 Å². The van der Waals surface area contributed by atoms with Crippen LogP contribution in [0.5, 0.6) is 0 Å². The molecule has 2 rings (SSSR count). The Morgan fingerprint density at radius 1 is 1.67 bits per heavy atom. The van der Waals surface area contributed by atoms with Gasteiger partial charge in [-0.3, -0.25) is 9.48 Å². The van der Waals surface area contributed by atoms with Gasteiger partial charge in [-0.25, -0.2) is 0 Å². The summed E-state index contributed by atoms with van der Waals surface area (Å²) in [6, 6.07) is 0.0186. The van der Waals surface area contributed by atoms with Gasteiger partial charge in [-0.1, -0.05) is 6.42 Å². The van der Waals surface area contributed by atoms with Crippen molar-refractivity contribution in [3.05, 3.63) is 17.5 Å². The van der Waals surface area contributed by atoms with Crippen molar-refractivity contribution in [1.29, 1.82) is 0 Å². The van der Waals surface area contributed by atoms with Crippen LogP contribution < -0.4 is 5.73 Å². The molecule has 82 valence electrons. The third-order valence-corrected chi connectivity index (χ3v) is 2.84. The topological polar surface area (TPSA) is 81.1 Å². The molecule has 1 atom stereocenters. The van der Waals surface area contributed by atoms with Crippen molar-refractivity contribution in [3.8, 4) is 0 Å². The summed E-state index contributed by atoms with van der Waals surface area (Å²) in [5.41, 5.74) is 8.01. The molecule has 1 aliphatic rings. The van der Waals surface area contributed by atoms with Crippen LogP contribution in [0.3, 0.4) is 0 Å². The first kappa shape index (κ1) is 10.2. The summed E-state index contributed by atoms with van der Waals surface area (Å²) in [6.07, 6.45) is 5.73. The van der Waals surface area contributed by atoms with E-state index in [2.05, 4.69) is 5.10 Å². The standard InChI is InChI=1S/C10H15N3O2/c11-8-3-1-2-4-9-7(8)5-12-13(9)6-10(14)15/h5,8H,1-4,6,11H2,(H,14,15). The maximum atomic E-state index is 10.6. The zero-order valence-corrected chi connectivity index (χ0v) is 8.52. The van der Waals surface area contributed by atoms with Crippen molar-refractivity contribution >= 4 is 5.97 Å². The van der Waals surface area contributed by atoms with Crippen LogP contribution in [0.1, 0.15) is 36.6 Å². The lowest BCUT2D eigenvalue weighted by Crippen LogP contribution is -2.14. The fourth-order valence-corrected chi connectivity index (χ4v) is 2.08. The van der Waals surface area contributed by atoms with Gasteiger partial charge in [0, 0.05) is 17.3 Å². The highest BCUT2D eigenvalue weighted by molar-refractivity contribution is 5.66. The summed E-state index contributed by atoms with van der Waals surface area (Å²) >= 11 is 0. The molecule has 0 spiro atoms. The summed E-state index contributed by atoms with van der Waals surface area (Å²) in [5, 5.41) is 12.8. The van der Waals surface area contributed by atoms with Crippen LogP contribution in [0.15, 0.2) is 6.20 Å². The Morgan fingerprint density at radius 3 is 3.20 bits per heavy atom. The highest BCUT2D eigenvalue weighted by atomic mass is 16.4. The van der Waals surface area contributed by atoms with E-state index in [1.54, 1.807) is 10.9 Å². The molecule has 0 saturated heterocycles. The second kappa shape index (κ2) is 4.02. The Balaban J connectivity index is 2.31. The fraction of sp³-hybridized carbons (Fsp3) is 0.600. The molecular formula is C10H15N3O2. The van der Waals surface area contributed by atoms with Crippen LogP contribution in [0.4, 0.5) is 0 Å². The lowest BCUT2D eigenvalue weighted by molar-refractivity contribution is -0.137. The second-order valence-electron chi connectivity index (χ2n) is 3.95. The summed E-state index contributed by atoms with van der Waals surface area (Å²) in [6.45, 7) is -0.0674. The van der Waals surface area contributed by atoms with Crippen LogP contribution in [-0.2, 0) is 17.8 Å². The minimum Gasteiger partial charge on any atom is -0.480 e. The van der Waals surface area contributed by atoms with Crippen molar-refractivity contribution in [2.75, 3.05) is 0 Å². The Labute approximate surface area is 87.9 Å². The summed E-state index contributed by atoms with van der Waals surface area (Å²) < 4.78 is 1.56. The molecule has 1 aromatic heterocycles. The van der Waals surface area contributed by atoms with Gasteiger partial charge in [0.2, 0.25) is 0 Å². The number of nitrogens with zero attached hydrogens (tertiary/aromatic N) is 2. The molecule has 1 aromatic rings. The minimum absolute atomic E-state index is 0.0186. The predicted octanol–water partition coefficient (Wildman–Crippen LogP) is 0.694. The first-order valence-electron chi connectivity index (χ1n) is 5.20. The molecular weight excluding hydrogens is 194 g/mol. The van der Waals surface area contributed by atoms with E-state index in [9.17, 15) is 4.79 Å². The van der Waals surface area contributed by atoms with E-state index in [1.165, 1.54) is 0 Å². The van der Waals surface area contributed by atoms with Crippen molar-refractivity contribution in [3.63, 3.8) is 0 Å². The summed E-state index contributed by atoms with van der Waals surface area (Å²) in [4.78, 5) is 10.6. The third kappa shape index (κ3) is 2.02. The number of rotatable bonds is 2. The molecule has 0 aliphatic heterocycles. The Hall–Kier alpha value is -1.36. The van der Waals surface area contributed by atoms with Crippen LogP contribution in [0.25, 0.3) is 0 Å². The van der Waals surface area contributed by atoms with Gasteiger partial charge in [-0.15, -0.1) is 0 Å². The van der Waals surface area contributed by atoms with Crippen molar-refractivity contribution in [1.82, 2.24) is 9.78 Å². The third-order valence-electron chi connectivity index (χ3n) is 2.84. The molecule has 5 nitrogen and oxygen atoms in total. The highest BCUT2D eigenvalue weighted by Crippen LogP contribution is 2.26. The largest absolute Gasteiger partial charge is 0.480 e.